The molecule has 0 bridgehead atoms. The van der Waals surface area contributed by atoms with Crippen molar-refractivity contribution in [1.82, 2.24) is 15.2 Å². The minimum atomic E-state index is -0.296. The van der Waals surface area contributed by atoms with Crippen LogP contribution in [0.1, 0.15) is 35.6 Å². The minimum absolute atomic E-state index is 0.213. The van der Waals surface area contributed by atoms with E-state index >= 15 is 0 Å². The van der Waals surface area contributed by atoms with Crippen LogP contribution in [0.25, 0.3) is 0 Å². The van der Waals surface area contributed by atoms with Gasteiger partial charge in [-0.1, -0.05) is 25.4 Å². The number of halogens is 2. The van der Waals surface area contributed by atoms with E-state index < -0.39 is 0 Å². The van der Waals surface area contributed by atoms with Crippen LogP contribution >= 0.6 is 34.2 Å². The lowest BCUT2D eigenvalue weighted by Gasteiger charge is -2.08. The molecule has 0 aliphatic heterocycles. The second-order valence-corrected chi connectivity index (χ2v) is 5.91. The maximum absolute atomic E-state index is 12.3. The highest BCUT2D eigenvalue weighted by Crippen LogP contribution is 2.19. The molecule has 0 fully saturated rings. The second-order valence-electron chi connectivity index (χ2n) is 4.31. The molecular formula is C14H14ClIN4O. The Morgan fingerprint density at radius 2 is 1.95 bits per heavy atom. The van der Waals surface area contributed by atoms with Gasteiger partial charge in [0.1, 0.15) is 0 Å². The average Bonchev–Trinajstić information content (AvgIpc) is 2.49. The lowest BCUT2D eigenvalue weighted by molar-refractivity contribution is 0.102. The molecule has 1 aromatic carbocycles. The molecule has 1 aromatic heterocycles. The molecule has 0 radical (unpaired) electrons. The maximum Gasteiger partial charge on any atom is 0.259 e. The summed E-state index contributed by atoms with van der Waals surface area (Å²) in [5.41, 5.74) is 2.20. The van der Waals surface area contributed by atoms with E-state index in [0.717, 1.165) is 27.8 Å². The SMILES string of the molecule is CCc1nnc(NC(=O)c2cc(Cl)ccc2I)nc1CC. The monoisotopic (exact) mass is 416 g/mol. The first-order chi connectivity index (χ1) is 10.0. The van der Waals surface area contributed by atoms with Crippen LogP contribution in [0.5, 0.6) is 0 Å². The van der Waals surface area contributed by atoms with Gasteiger partial charge in [0.15, 0.2) is 0 Å². The molecule has 0 aliphatic rings. The third-order valence-electron chi connectivity index (χ3n) is 2.91. The Bertz CT molecular complexity index is 678. The number of nitrogens with one attached hydrogen (secondary N) is 1. The quantitative estimate of drug-likeness (QED) is 0.775. The zero-order chi connectivity index (χ0) is 15.4. The van der Waals surface area contributed by atoms with Gasteiger partial charge in [-0.25, -0.2) is 4.98 Å². The number of amides is 1. The maximum atomic E-state index is 12.3. The van der Waals surface area contributed by atoms with E-state index in [4.69, 9.17) is 11.6 Å². The minimum Gasteiger partial charge on any atom is -0.289 e. The highest BCUT2D eigenvalue weighted by atomic mass is 127. The first-order valence-corrected chi connectivity index (χ1v) is 7.99. The smallest absolute Gasteiger partial charge is 0.259 e. The van der Waals surface area contributed by atoms with E-state index in [1.807, 2.05) is 13.8 Å². The summed E-state index contributed by atoms with van der Waals surface area (Å²) >= 11 is 8.01. The highest BCUT2D eigenvalue weighted by molar-refractivity contribution is 14.1. The molecule has 0 saturated heterocycles. The van der Waals surface area contributed by atoms with E-state index in [9.17, 15) is 4.79 Å². The zero-order valence-corrected chi connectivity index (χ0v) is 14.6. The topological polar surface area (TPSA) is 67.8 Å². The number of carbonyl (C=O) groups is 1. The Morgan fingerprint density at radius 1 is 1.24 bits per heavy atom. The van der Waals surface area contributed by atoms with Crippen molar-refractivity contribution in [3.8, 4) is 0 Å². The summed E-state index contributed by atoms with van der Waals surface area (Å²) in [5.74, 6) is -0.0835. The van der Waals surface area contributed by atoms with Crippen LogP contribution in [0.2, 0.25) is 5.02 Å². The van der Waals surface area contributed by atoms with Crippen molar-refractivity contribution in [3.63, 3.8) is 0 Å². The third kappa shape index (κ3) is 3.88. The molecule has 7 heteroatoms. The molecule has 1 amide bonds. The Kier molecular flexibility index (Phi) is 5.46. The predicted octanol–water partition coefficient (Wildman–Crippen LogP) is 3.51. The third-order valence-corrected chi connectivity index (χ3v) is 4.08. The van der Waals surface area contributed by atoms with E-state index in [2.05, 4.69) is 43.1 Å². The van der Waals surface area contributed by atoms with Gasteiger partial charge in [-0.2, -0.15) is 0 Å². The molecule has 110 valence electrons. The van der Waals surface area contributed by atoms with Gasteiger partial charge in [0.05, 0.1) is 17.0 Å². The Labute approximate surface area is 141 Å². The number of carbonyl (C=O) groups excluding carboxylic acids is 1. The summed E-state index contributed by atoms with van der Waals surface area (Å²) in [7, 11) is 0. The summed E-state index contributed by atoms with van der Waals surface area (Å²) in [6.07, 6.45) is 1.51. The van der Waals surface area contributed by atoms with Crippen molar-refractivity contribution in [2.24, 2.45) is 0 Å². The van der Waals surface area contributed by atoms with Gasteiger partial charge >= 0.3 is 0 Å². The molecule has 2 rings (SSSR count). The molecule has 0 spiro atoms. The fourth-order valence-electron chi connectivity index (χ4n) is 1.83. The van der Waals surface area contributed by atoms with Crippen molar-refractivity contribution < 1.29 is 4.79 Å². The number of rotatable bonds is 4. The Balaban J connectivity index is 2.25. The lowest BCUT2D eigenvalue weighted by Crippen LogP contribution is -2.17. The van der Waals surface area contributed by atoms with Gasteiger partial charge in [-0.15, -0.1) is 10.2 Å². The summed E-state index contributed by atoms with van der Waals surface area (Å²) in [6, 6.07) is 5.14. The standard InChI is InChI=1S/C14H14ClIN4O/c1-3-11-12(4-2)19-20-14(17-11)18-13(21)9-7-8(15)5-6-10(9)16/h5-7H,3-4H2,1-2H3,(H,17,18,20,21). The molecule has 1 N–H and O–H groups in total. The fourth-order valence-corrected chi connectivity index (χ4v) is 2.58. The van der Waals surface area contributed by atoms with Crippen LogP contribution in [0, 0.1) is 3.57 Å². The molecule has 21 heavy (non-hydrogen) atoms. The van der Waals surface area contributed by atoms with Gasteiger partial charge in [0.2, 0.25) is 5.95 Å². The van der Waals surface area contributed by atoms with Crippen molar-refractivity contribution in [3.05, 3.63) is 43.7 Å². The van der Waals surface area contributed by atoms with Crippen LogP contribution in [0.3, 0.4) is 0 Å². The molecular weight excluding hydrogens is 403 g/mol. The van der Waals surface area contributed by atoms with E-state index in [-0.39, 0.29) is 11.9 Å². The van der Waals surface area contributed by atoms with Crippen LogP contribution < -0.4 is 5.32 Å². The number of aromatic nitrogens is 3. The van der Waals surface area contributed by atoms with Gasteiger partial charge < -0.3 is 0 Å². The zero-order valence-electron chi connectivity index (χ0n) is 11.7. The molecule has 5 nitrogen and oxygen atoms in total. The van der Waals surface area contributed by atoms with Crippen LogP contribution in [0.4, 0.5) is 5.95 Å². The molecule has 0 aliphatic carbocycles. The largest absolute Gasteiger partial charge is 0.289 e. The van der Waals surface area contributed by atoms with E-state index in [1.54, 1.807) is 18.2 Å². The average molecular weight is 417 g/mol. The van der Waals surface area contributed by atoms with Gasteiger partial charge in [0, 0.05) is 8.59 Å². The lowest BCUT2D eigenvalue weighted by atomic mass is 10.2. The molecule has 0 atom stereocenters. The Hall–Kier alpha value is -1.28. The van der Waals surface area contributed by atoms with E-state index in [1.165, 1.54) is 0 Å². The van der Waals surface area contributed by atoms with Crippen molar-refractivity contribution in [1.29, 1.82) is 0 Å². The molecule has 0 saturated carbocycles. The fraction of sp³-hybridized carbons (Fsp3) is 0.286. The number of hydrogen-bond donors (Lipinski definition) is 1. The van der Waals surface area contributed by atoms with Gasteiger partial charge in [0.25, 0.3) is 5.91 Å². The van der Waals surface area contributed by atoms with Crippen molar-refractivity contribution in [2.45, 2.75) is 26.7 Å². The summed E-state index contributed by atoms with van der Waals surface area (Å²) in [5, 5.41) is 11.2. The number of hydrogen-bond acceptors (Lipinski definition) is 4. The summed E-state index contributed by atoms with van der Waals surface area (Å²) < 4.78 is 0.809. The van der Waals surface area contributed by atoms with Gasteiger partial charge in [-0.05, 0) is 53.6 Å². The normalized spacial score (nSPS) is 10.5. The number of benzene rings is 1. The van der Waals surface area contributed by atoms with Crippen LogP contribution in [0.15, 0.2) is 18.2 Å². The first kappa shape index (κ1) is 16.1. The second kappa shape index (κ2) is 7.13. The molecule has 0 unspecified atom stereocenters. The van der Waals surface area contributed by atoms with Crippen LogP contribution in [-0.4, -0.2) is 21.1 Å². The Morgan fingerprint density at radius 3 is 2.62 bits per heavy atom. The van der Waals surface area contributed by atoms with Gasteiger partial charge in [-0.3, -0.25) is 10.1 Å². The number of nitrogens with zero attached hydrogens (tertiary/aromatic N) is 3. The summed E-state index contributed by atoms with van der Waals surface area (Å²) in [6.45, 7) is 3.99. The molecule has 1 heterocycles. The summed E-state index contributed by atoms with van der Waals surface area (Å²) in [4.78, 5) is 16.6. The molecule has 2 aromatic rings. The van der Waals surface area contributed by atoms with E-state index in [0.29, 0.717) is 10.6 Å². The van der Waals surface area contributed by atoms with Crippen molar-refractivity contribution >= 4 is 46.0 Å². The number of aryl methyl sites for hydroxylation is 2. The van der Waals surface area contributed by atoms with Crippen LogP contribution in [-0.2, 0) is 12.8 Å². The first-order valence-electron chi connectivity index (χ1n) is 6.54. The number of anilines is 1. The predicted molar refractivity (Wildman–Crippen MR) is 90.7 cm³/mol. The van der Waals surface area contributed by atoms with Crippen molar-refractivity contribution in [2.75, 3.05) is 5.32 Å². The highest BCUT2D eigenvalue weighted by Gasteiger charge is 2.14.